The van der Waals surface area contributed by atoms with Crippen LogP contribution in [-0.4, -0.2) is 18.4 Å². The number of carbonyl (C=O) groups is 2. The third kappa shape index (κ3) is 3.40. The first-order chi connectivity index (χ1) is 13.6. The van der Waals surface area contributed by atoms with Crippen LogP contribution in [0.3, 0.4) is 0 Å². The van der Waals surface area contributed by atoms with Gasteiger partial charge < -0.3 is 15.8 Å². The molecule has 1 aliphatic heterocycles. The van der Waals surface area contributed by atoms with E-state index in [2.05, 4.69) is 5.32 Å². The molecule has 28 heavy (non-hydrogen) atoms. The Morgan fingerprint density at radius 2 is 1.64 bits per heavy atom. The highest BCUT2D eigenvalue weighted by Gasteiger charge is 2.33. The lowest BCUT2D eigenvalue weighted by Crippen LogP contribution is -2.43. The lowest BCUT2D eigenvalue weighted by Gasteiger charge is -2.38. The highest BCUT2D eigenvalue weighted by molar-refractivity contribution is 6.12. The Kier molecular flexibility index (Phi) is 4.68. The van der Waals surface area contributed by atoms with Gasteiger partial charge in [0.15, 0.2) is 6.61 Å². The number of para-hydroxylation sites is 2. The molecule has 0 saturated heterocycles. The Bertz CT molecular complexity index is 1000. The minimum atomic E-state index is -0.532. The molecule has 0 fully saturated rings. The third-order valence-corrected chi connectivity index (χ3v) is 4.54. The molecule has 0 aromatic heterocycles. The maximum Gasteiger partial charge on any atom is 0.262 e. The lowest BCUT2D eigenvalue weighted by molar-refractivity contribution is -0.119. The first-order valence-electron chi connectivity index (χ1n) is 8.89. The summed E-state index contributed by atoms with van der Waals surface area (Å²) in [7, 11) is 0. The molecular weight excluding hydrogens is 354 g/mol. The van der Waals surface area contributed by atoms with E-state index in [1.165, 1.54) is 0 Å². The number of amides is 2. The second-order valence-corrected chi connectivity index (χ2v) is 6.43. The van der Waals surface area contributed by atoms with Gasteiger partial charge >= 0.3 is 0 Å². The van der Waals surface area contributed by atoms with E-state index >= 15 is 0 Å². The molecule has 0 radical (unpaired) electrons. The highest BCUT2D eigenvalue weighted by Crippen LogP contribution is 2.36. The molecule has 0 saturated carbocycles. The SMILES string of the molecule is NC(=O)COc1ccc(C2Nc3ccccc3C(=O)N2c2ccccc2)cc1. The van der Waals surface area contributed by atoms with Gasteiger partial charge in [0.2, 0.25) is 0 Å². The number of ether oxygens (including phenoxy) is 1. The van der Waals surface area contributed by atoms with Gasteiger partial charge in [0, 0.05) is 11.4 Å². The fraction of sp³-hybridized carbons (Fsp3) is 0.0909. The predicted octanol–water partition coefficient (Wildman–Crippen LogP) is 3.32. The Morgan fingerprint density at radius 1 is 0.964 bits per heavy atom. The zero-order chi connectivity index (χ0) is 19.5. The van der Waals surface area contributed by atoms with E-state index < -0.39 is 5.91 Å². The van der Waals surface area contributed by atoms with Gasteiger partial charge in [-0.15, -0.1) is 0 Å². The second-order valence-electron chi connectivity index (χ2n) is 6.43. The molecule has 6 nitrogen and oxygen atoms in total. The Labute approximate surface area is 162 Å². The van der Waals surface area contributed by atoms with E-state index in [0.717, 1.165) is 16.9 Å². The first-order valence-corrected chi connectivity index (χ1v) is 8.89. The van der Waals surface area contributed by atoms with E-state index in [9.17, 15) is 9.59 Å². The molecule has 3 aromatic rings. The number of hydrogen-bond donors (Lipinski definition) is 2. The Balaban J connectivity index is 1.71. The quantitative estimate of drug-likeness (QED) is 0.718. The van der Waals surface area contributed by atoms with Gasteiger partial charge in [-0.25, -0.2) is 0 Å². The van der Waals surface area contributed by atoms with Gasteiger partial charge in [0.05, 0.1) is 5.56 Å². The van der Waals surface area contributed by atoms with Crippen molar-refractivity contribution in [2.24, 2.45) is 5.73 Å². The molecule has 1 atom stereocenters. The van der Waals surface area contributed by atoms with Crippen molar-refractivity contribution in [3.05, 3.63) is 90.0 Å². The van der Waals surface area contributed by atoms with E-state index in [-0.39, 0.29) is 18.7 Å². The number of anilines is 2. The van der Waals surface area contributed by atoms with Crippen molar-refractivity contribution in [3.63, 3.8) is 0 Å². The number of primary amides is 1. The van der Waals surface area contributed by atoms with E-state index in [1.807, 2.05) is 66.7 Å². The predicted molar refractivity (Wildman–Crippen MR) is 107 cm³/mol. The molecule has 0 bridgehead atoms. The normalized spacial score (nSPS) is 15.5. The number of rotatable bonds is 5. The van der Waals surface area contributed by atoms with Crippen molar-refractivity contribution in [2.75, 3.05) is 16.8 Å². The number of benzene rings is 3. The number of hydrogen-bond acceptors (Lipinski definition) is 4. The largest absolute Gasteiger partial charge is 0.484 e. The van der Waals surface area contributed by atoms with Crippen molar-refractivity contribution in [2.45, 2.75) is 6.17 Å². The Hall–Kier alpha value is -3.80. The summed E-state index contributed by atoms with van der Waals surface area (Å²) in [6.45, 7) is -0.178. The molecule has 3 aromatic carbocycles. The molecule has 1 aliphatic rings. The van der Waals surface area contributed by atoms with Crippen molar-refractivity contribution >= 4 is 23.2 Å². The van der Waals surface area contributed by atoms with Crippen LogP contribution in [0.2, 0.25) is 0 Å². The summed E-state index contributed by atoms with van der Waals surface area (Å²) in [6, 6.07) is 24.3. The molecule has 1 heterocycles. The summed E-state index contributed by atoms with van der Waals surface area (Å²) in [4.78, 5) is 25.9. The average Bonchev–Trinajstić information content (AvgIpc) is 2.73. The smallest absolute Gasteiger partial charge is 0.262 e. The van der Waals surface area contributed by atoms with Gasteiger partial charge in [-0.1, -0.05) is 42.5 Å². The molecule has 3 N–H and O–H groups in total. The first kappa shape index (κ1) is 17.6. The summed E-state index contributed by atoms with van der Waals surface area (Å²) >= 11 is 0. The summed E-state index contributed by atoms with van der Waals surface area (Å²) in [5.41, 5.74) is 8.22. The van der Waals surface area contributed by atoms with Crippen LogP contribution in [-0.2, 0) is 4.79 Å². The number of nitrogens with one attached hydrogen (secondary N) is 1. The summed E-state index contributed by atoms with van der Waals surface area (Å²) in [5, 5.41) is 3.45. The maximum atomic E-state index is 13.3. The molecule has 140 valence electrons. The average molecular weight is 373 g/mol. The van der Waals surface area contributed by atoms with Crippen LogP contribution in [0.4, 0.5) is 11.4 Å². The van der Waals surface area contributed by atoms with Gasteiger partial charge in [-0.3, -0.25) is 14.5 Å². The summed E-state index contributed by atoms with van der Waals surface area (Å²) in [6.07, 6.45) is -0.380. The van der Waals surface area contributed by atoms with Crippen LogP contribution < -0.4 is 20.7 Å². The molecule has 0 spiro atoms. The topological polar surface area (TPSA) is 84.7 Å². The minimum absolute atomic E-state index is 0.0698. The van der Waals surface area contributed by atoms with Gasteiger partial charge in [-0.05, 0) is 42.0 Å². The number of nitrogens with zero attached hydrogens (tertiary/aromatic N) is 1. The minimum Gasteiger partial charge on any atom is -0.484 e. The van der Waals surface area contributed by atoms with Gasteiger partial charge in [-0.2, -0.15) is 0 Å². The standard InChI is InChI=1S/C22H19N3O3/c23-20(26)14-28-17-12-10-15(11-13-17)21-24-19-9-5-4-8-18(19)22(27)25(21)16-6-2-1-3-7-16/h1-13,21,24H,14H2,(H2,23,26). The van der Waals surface area contributed by atoms with Crippen LogP contribution in [0.25, 0.3) is 0 Å². The molecule has 2 amide bonds. The molecule has 1 unspecified atom stereocenters. The molecule has 6 heteroatoms. The van der Waals surface area contributed by atoms with Crippen LogP contribution in [0.15, 0.2) is 78.9 Å². The van der Waals surface area contributed by atoms with Crippen LogP contribution in [0.1, 0.15) is 22.1 Å². The van der Waals surface area contributed by atoms with E-state index in [1.54, 1.807) is 17.0 Å². The maximum absolute atomic E-state index is 13.3. The van der Waals surface area contributed by atoms with Crippen LogP contribution in [0.5, 0.6) is 5.75 Å². The molecule has 0 aliphatic carbocycles. The van der Waals surface area contributed by atoms with Crippen molar-refractivity contribution in [1.82, 2.24) is 0 Å². The van der Waals surface area contributed by atoms with Gasteiger partial charge in [0.25, 0.3) is 11.8 Å². The monoisotopic (exact) mass is 373 g/mol. The highest BCUT2D eigenvalue weighted by atomic mass is 16.5. The second kappa shape index (κ2) is 7.44. The third-order valence-electron chi connectivity index (χ3n) is 4.54. The number of nitrogens with two attached hydrogens (primary N) is 1. The molecular formula is C22H19N3O3. The summed E-state index contributed by atoms with van der Waals surface area (Å²) < 4.78 is 5.32. The summed E-state index contributed by atoms with van der Waals surface area (Å²) in [5.74, 6) is -0.0635. The fourth-order valence-electron chi connectivity index (χ4n) is 3.24. The van der Waals surface area contributed by atoms with Crippen molar-refractivity contribution in [3.8, 4) is 5.75 Å². The number of carbonyl (C=O) groups excluding carboxylic acids is 2. The van der Waals surface area contributed by atoms with Crippen molar-refractivity contribution < 1.29 is 14.3 Å². The van der Waals surface area contributed by atoms with Gasteiger partial charge in [0.1, 0.15) is 11.9 Å². The van der Waals surface area contributed by atoms with E-state index in [0.29, 0.717) is 11.3 Å². The molecule has 4 rings (SSSR count). The van der Waals surface area contributed by atoms with Crippen LogP contribution >= 0.6 is 0 Å². The van der Waals surface area contributed by atoms with Crippen LogP contribution in [0, 0.1) is 0 Å². The lowest BCUT2D eigenvalue weighted by atomic mass is 10.0. The fourth-order valence-corrected chi connectivity index (χ4v) is 3.24. The number of fused-ring (bicyclic) bond motifs is 1. The Morgan fingerprint density at radius 3 is 2.36 bits per heavy atom. The zero-order valence-electron chi connectivity index (χ0n) is 15.0. The zero-order valence-corrected chi connectivity index (χ0v) is 15.0. The van der Waals surface area contributed by atoms with E-state index in [4.69, 9.17) is 10.5 Å². The van der Waals surface area contributed by atoms with Crippen molar-refractivity contribution in [1.29, 1.82) is 0 Å².